The van der Waals surface area contributed by atoms with E-state index in [1.54, 1.807) is 7.11 Å². The molecule has 1 fully saturated rings. The summed E-state index contributed by atoms with van der Waals surface area (Å²) in [5, 5.41) is 3.45. The Morgan fingerprint density at radius 3 is 2.70 bits per heavy atom. The van der Waals surface area contributed by atoms with Crippen LogP contribution in [0.4, 0.5) is 0 Å². The summed E-state index contributed by atoms with van der Waals surface area (Å²) in [5.41, 5.74) is 2.31. The Kier molecular flexibility index (Phi) is 4.70. The van der Waals surface area contributed by atoms with Crippen LogP contribution in [0, 0.1) is 12.8 Å². The molecule has 1 heterocycles. The van der Waals surface area contributed by atoms with E-state index in [1.165, 1.54) is 5.56 Å². The van der Waals surface area contributed by atoms with Crippen molar-refractivity contribution < 1.29 is 13.2 Å². The average molecular weight is 297 g/mol. The van der Waals surface area contributed by atoms with Gasteiger partial charge in [-0.2, -0.15) is 0 Å². The van der Waals surface area contributed by atoms with Gasteiger partial charge in [0.25, 0.3) is 0 Å². The summed E-state index contributed by atoms with van der Waals surface area (Å²) in [6, 6.07) is 6.09. The third-order valence-electron chi connectivity index (χ3n) is 3.98. The molecule has 1 aliphatic heterocycles. The van der Waals surface area contributed by atoms with Crippen molar-refractivity contribution in [2.24, 2.45) is 5.92 Å². The highest BCUT2D eigenvalue weighted by Crippen LogP contribution is 2.34. The van der Waals surface area contributed by atoms with Crippen LogP contribution in [0.25, 0.3) is 0 Å². The highest BCUT2D eigenvalue weighted by Gasteiger charge is 2.34. The molecule has 1 aromatic rings. The average Bonchev–Trinajstić information content (AvgIpc) is 2.76. The zero-order chi connectivity index (χ0) is 14.8. The molecular formula is C15H23NO3S. The number of ether oxygens (including phenoxy) is 1. The van der Waals surface area contributed by atoms with Gasteiger partial charge >= 0.3 is 0 Å². The molecule has 0 saturated carbocycles. The van der Waals surface area contributed by atoms with E-state index in [1.807, 2.05) is 25.1 Å². The first-order valence-electron chi connectivity index (χ1n) is 7.05. The minimum absolute atomic E-state index is 0.100. The Balaban J connectivity index is 2.29. The smallest absolute Gasteiger partial charge is 0.150 e. The SMILES string of the molecule is CCNC(c1ccc(OC)cc1C)C1CCS(=O)(=O)C1. The van der Waals surface area contributed by atoms with Gasteiger partial charge in [-0.25, -0.2) is 8.42 Å². The van der Waals surface area contributed by atoms with E-state index in [-0.39, 0.29) is 17.7 Å². The van der Waals surface area contributed by atoms with E-state index >= 15 is 0 Å². The van der Waals surface area contributed by atoms with Crippen molar-refractivity contribution in [3.8, 4) is 5.75 Å². The van der Waals surface area contributed by atoms with Crippen LogP contribution in [0.2, 0.25) is 0 Å². The number of methoxy groups -OCH3 is 1. The quantitative estimate of drug-likeness (QED) is 0.904. The van der Waals surface area contributed by atoms with E-state index < -0.39 is 9.84 Å². The van der Waals surface area contributed by atoms with Crippen LogP contribution in [0.3, 0.4) is 0 Å². The number of sulfone groups is 1. The van der Waals surface area contributed by atoms with Crippen LogP contribution >= 0.6 is 0 Å². The first kappa shape index (κ1) is 15.3. The maximum Gasteiger partial charge on any atom is 0.150 e. The summed E-state index contributed by atoms with van der Waals surface area (Å²) in [4.78, 5) is 0. The van der Waals surface area contributed by atoms with Crippen molar-refractivity contribution in [2.75, 3.05) is 25.2 Å². The maximum absolute atomic E-state index is 11.7. The first-order valence-corrected chi connectivity index (χ1v) is 8.87. The lowest BCUT2D eigenvalue weighted by Crippen LogP contribution is -2.29. The third-order valence-corrected chi connectivity index (χ3v) is 5.77. The molecule has 1 aliphatic rings. The second-order valence-electron chi connectivity index (χ2n) is 5.42. The van der Waals surface area contributed by atoms with E-state index in [2.05, 4.69) is 12.2 Å². The second-order valence-corrected chi connectivity index (χ2v) is 7.65. The van der Waals surface area contributed by atoms with Crippen LogP contribution in [0.15, 0.2) is 18.2 Å². The van der Waals surface area contributed by atoms with Crippen molar-refractivity contribution in [3.05, 3.63) is 29.3 Å². The van der Waals surface area contributed by atoms with Gasteiger partial charge in [0.05, 0.1) is 18.6 Å². The van der Waals surface area contributed by atoms with Crippen molar-refractivity contribution in [2.45, 2.75) is 26.3 Å². The lowest BCUT2D eigenvalue weighted by Gasteiger charge is -2.25. The molecule has 4 nitrogen and oxygen atoms in total. The summed E-state index contributed by atoms with van der Waals surface area (Å²) in [5.74, 6) is 1.60. The van der Waals surface area contributed by atoms with E-state index in [0.29, 0.717) is 5.75 Å². The van der Waals surface area contributed by atoms with Crippen molar-refractivity contribution in [3.63, 3.8) is 0 Å². The van der Waals surface area contributed by atoms with Crippen LogP contribution in [0.5, 0.6) is 5.75 Å². The number of aryl methyl sites for hydroxylation is 1. The minimum Gasteiger partial charge on any atom is -0.497 e. The molecule has 0 radical (unpaired) electrons. The Morgan fingerprint density at radius 1 is 1.45 bits per heavy atom. The molecular weight excluding hydrogens is 274 g/mol. The van der Waals surface area contributed by atoms with E-state index in [9.17, 15) is 8.42 Å². The molecule has 2 atom stereocenters. The number of nitrogens with one attached hydrogen (secondary N) is 1. The third kappa shape index (κ3) is 3.33. The molecule has 0 aromatic heterocycles. The van der Waals surface area contributed by atoms with Gasteiger partial charge in [-0.1, -0.05) is 13.0 Å². The Morgan fingerprint density at radius 2 is 2.20 bits per heavy atom. The Hall–Kier alpha value is -1.07. The fourth-order valence-corrected chi connectivity index (χ4v) is 4.80. The van der Waals surface area contributed by atoms with Gasteiger partial charge in [-0.05, 0) is 49.1 Å². The number of benzene rings is 1. The molecule has 1 N–H and O–H groups in total. The maximum atomic E-state index is 11.7. The molecule has 0 spiro atoms. The molecule has 0 aliphatic carbocycles. The second kappa shape index (κ2) is 6.14. The van der Waals surface area contributed by atoms with Crippen molar-refractivity contribution in [1.82, 2.24) is 5.32 Å². The summed E-state index contributed by atoms with van der Waals surface area (Å²) >= 11 is 0. The minimum atomic E-state index is -2.86. The van der Waals surface area contributed by atoms with Crippen LogP contribution in [0.1, 0.15) is 30.5 Å². The lowest BCUT2D eigenvalue weighted by molar-refractivity contribution is 0.395. The van der Waals surface area contributed by atoms with Gasteiger partial charge in [-0.15, -0.1) is 0 Å². The molecule has 2 unspecified atom stereocenters. The van der Waals surface area contributed by atoms with Gasteiger partial charge in [0.2, 0.25) is 0 Å². The Bertz CT molecular complexity index is 568. The summed E-state index contributed by atoms with van der Waals surface area (Å²) in [6.07, 6.45) is 0.742. The molecule has 0 bridgehead atoms. The highest BCUT2D eigenvalue weighted by molar-refractivity contribution is 7.91. The van der Waals surface area contributed by atoms with Gasteiger partial charge in [0.1, 0.15) is 5.75 Å². The predicted octanol–water partition coefficient (Wildman–Crippen LogP) is 2.09. The summed E-state index contributed by atoms with van der Waals surface area (Å²) in [7, 11) is -1.20. The lowest BCUT2D eigenvalue weighted by atomic mass is 9.89. The molecule has 1 saturated heterocycles. The van der Waals surface area contributed by atoms with Crippen LogP contribution < -0.4 is 10.1 Å². The zero-order valence-electron chi connectivity index (χ0n) is 12.3. The monoisotopic (exact) mass is 297 g/mol. The summed E-state index contributed by atoms with van der Waals surface area (Å²) < 4.78 is 28.7. The first-order chi connectivity index (χ1) is 9.46. The normalized spacial score (nSPS) is 22.6. The van der Waals surface area contributed by atoms with Gasteiger partial charge < -0.3 is 10.1 Å². The van der Waals surface area contributed by atoms with Crippen LogP contribution in [-0.2, 0) is 9.84 Å². The number of hydrogen-bond acceptors (Lipinski definition) is 4. The van der Waals surface area contributed by atoms with Gasteiger partial charge in [0.15, 0.2) is 9.84 Å². The van der Waals surface area contributed by atoms with Crippen molar-refractivity contribution in [1.29, 1.82) is 0 Å². The van der Waals surface area contributed by atoms with Crippen LogP contribution in [-0.4, -0.2) is 33.6 Å². The van der Waals surface area contributed by atoms with Crippen molar-refractivity contribution >= 4 is 9.84 Å². The fraction of sp³-hybridized carbons (Fsp3) is 0.600. The Labute approximate surface area is 121 Å². The van der Waals surface area contributed by atoms with E-state index in [0.717, 1.165) is 24.3 Å². The summed E-state index contributed by atoms with van der Waals surface area (Å²) in [6.45, 7) is 4.92. The molecule has 5 heteroatoms. The van der Waals surface area contributed by atoms with Gasteiger partial charge in [0, 0.05) is 6.04 Å². The van der Waals surface area contributed by atoms with E-state index in [4.69, 9.17) is 4.74 Å². The molecule has 1 aromatic carbocycles. The predicted molar refractivity (Wildman–Crippen MR) is 80.9 cm³/mol. The topological polar surface area (TPSA) is 55.4 Å². The molecule has 2 rings (SSSR count). The standard InChI is InChI=1S/C15H23NO3S/c1-4-16-15(12-7-8-20(17,18)10-12)14-6-5-13(19-3)9-11(14)2/h5-6,9,12,15-16H,4,7-8,10H2,1-3H3. The molecule has 0 amide bonds. The number of hydrogen-bond donors (Lipinski definition) is 1. The molecule has 20 heavy (non-hydrogen) atoms. The highest BCUT2D eigenvalue weighted by atomic mass is 32.2. The molecule has 112 valence electrons. The fourth-order valence-electron chi connectivity index (χ4n) is 2.96. The zero-order valence-corrected chi connectivity index (χ0v) is 13.2. The largest absolute Gasteiger partial charge is 0.497 e. The number of rotatable bonds is 5. The van der Waals surface area contributed by atoms with Gasteiger partial charge in [-0.3, -0.25) is 0 Å².